The number of piperidine rings is 1. The standard InChI is InChI=1S/C19H34N2O3S2/c1-14(2)10-21(11-15(3)4)17(22)12-24-18(23)13-26-19(25)20-8-6-16(5)7-9-20/h14-16H,6-13H2,1-5H3. The van der Waals surface area contributed by atoms with Crippen molar-refractivity contribution >= 4 is 40.2 Å². The SMILES string of the molecule is CC(C)CN(CC(C)C)C(=O)COC(=O)CSC(=S)N1CCC(C)CC1. The first kappa shape index (κ1) is 23.2. The first-order chi connectivity index (χ1) is 12.2. The van der Waals surface area contributed by atoms with Crippen LogP contribution >= 0.6 is 24.0 Å². The van der Waals surface area contributed by atoms with Crippen LogP contribution < -0.4 is 0 Å². The third-order valence-electron chi connectivity index (χ3n) is 4.24. The lowest BCUT2D eigenvalue weighted by atomic mass is 10.00. The molecule has 0 radical (unpaired) electrons. The Morgan fingerprint density at radius 2 is 1.69 bits per heavy atom. The topological polar surface area (TPSA) is 49.9 Å². The maximum atomic E-state index is 12.3. The molecule has 0 aromatic carbocycles. The second kappa shape index (κ2) is 11.8. The van der Waals surface area contributed by atoms with Gasteiger partial charge in [-0.05, 0) is 30.6 Å². The van der Waals surface area contributed by atoms with Crippen LogP contribution in [0.15, 0.2) is 0 Å². The molecule has 1 rings (SSSR count). The van der Waals surface area contributed by atoms with Crippen molar-refractivity contribution in [3.63, 3.8) is 0 Å². The number of carbonyl (C=O) groups excluding carboxylic acids is 2. The Bertz CT molecular complexity index is 465. The first-order valence-electron chi connectivity index (χ1n) is 9.54. The van der Waals surface area contributed by atoms with Gasteiger partial charge in [0, 0.05) is 26.2 Å². The zero-order valence-electron chi connectivity index (χ0n) is 16.8. The molecule has 0 N–H and O–H groups in total. The van der Waals surface area contributed by atoms with E-state index in [0.29, 0.717) is 24.9 Å². The molecule has 0 saturated carbocycles. The fraction of sp³-hybridized carbons (Fsp3) is 0.842. The summed E-state index contributed by atoms with van der Waals surface area (Å²) in [7, 11) is 0. The van der Waals surface area contributed by atoms with Crippen LogP contribution in [0.3, 0.4) is 0 Å². The van der Waals surface area contributed by atoms with Crippen LogP contribution in [0.1, 0.15) is 47.5 Å². The molecular weight excluding hydrogens is 368 g/mol. The van der Waals surface area contributed by atoms with E-state index >= 15 is 0 Å². The lowest BCUT2D eigenvalue weighted by Crippen LogP contribution is -2.39. The molecule has 0 aromatic heterocycles. The summed E-state index contributed by atoms with van der Waals surface area (Å²) >= 11 is 6.74. The number of likely N-dealkylation sites (tertiary alicyclic amines) is 1. The van der Waals surface area contributed by atoms with E-state index in [-0.39, 0.29) is 24.2 Å². The van der Waals surface area contributed by atoms with Crippen molar-refractivity contribution in [3.05, 3.63) is 0 Å². The van der Waals surface area contributed by atoms with Gasteiger partial charge in [-0.25, -0.2) is 0 Å². The van der Waals surface area contributed by atoms with Crippen LogP contribution in [0, 0.1) is 17.8 Å². The van der Waals surface area contributed by atoms with E-state index in [1.807, 2.05) is 0 Å². The number of esters is 1. The quantitative estimate of drug-likeness (QED) is 0.458. The molecule has 1 aliphatic heterocycles. The highest BCUT2D eigenvalue weighted by atomic mass is 32.2. The van der Waals surface area contributed by atoms with Gasteiger partial charge in [-0.3, -0.25) is 9.59 Å². The Morgan fingerprint density at radius 1 is 1.15 bits per heavy atom. The van der Waals surface area contributed by atoms with Crippen LogP contribution in [-0.2, 0) is 14.3 Å². The third-order valence-corrected chi connectivity index (χ3v) is 5.73. The number of hydrogen-bond acceptors (Lipinski definition) is 5. The fourth-order valence-corrected chi connectivity index (χ4v) is 3.89. The van der Waals surface area contributed by atoms with Gasteiger partial charge in [0.1, 0.15) is 4.32 Å². The van der Waals surface area contributed by atoms with Crippen molar-refractivity contribution in [1.82, 2.24) is 9.80 Å². The van der Waals surface area contributed by atoms with Crippen molar-refractivity contribution in [2.24, 2.45) is 17.8 Å². The molecule has 7 heteroatoms. The molecule has 26 heavy (non-hydrogen) atoms. The van der Waals surface area contributed by atoms with Crippen LogP contribution in [0.2, 0.25) is 0 Å². The molecule has 5 nitrogen and oxygen atoms in total. The Hall–Kier alpha value is -0.820. The molecule has 1 fully saturated rings. The van der Waals surface area contributed by atoms with Gasteiger partial charge >= 0.3 is 5.97 Å². The van der Waals surface area contributed by atoms with Crippen molar-refractivity contribution in [2.75, 3.05) is 38.5 Å². The van der Waals surface area contributed by atoms with Gasteiger partial charge in [-0.2, -0.15) is 0 Å². The van der Waals surface area contributed by atoms with Crippen LogP contribution in [-0.4, -0.2) is 64.5 Å². The molecule has 1 saturated heterocycles. The van der Waals surface area contributed by atoms with Gasteiger partial charge in [-0.1, -0.05) is 58.6 Å². The van der Waals surface area contributed by atoms with Crippen LogP contribution in [0.4, 0.5) is 0 Å². The highest BCUT2D eigenvalue weighted by Gasteiger charge is 2.20. The Kier molecular flexibility index (Phi) is 10.5. The predicted octanol–water partition coefficient (Wildman–Crippen LogP) is 3.42. The average molecular weight is 403 g/mol. The summed E-state index contributed by atoms with van der Waals surface area (Å²) in [6, 6.07) is 0. The van der Waals surface area contributed by atoms with Gasteiger partial charge in [0.2, 0.25) is 0 Å². The number of nitrogens with zero attached hydrogens (tertiary/aromatic N) is 2. The second-order valence-electron chi connectivity index (χ2n) is 7.97. The van der Waals surface area contributed by atoms with E-state index in [4.69, 9.17) is 17.0 Å². The minimum Gasteiger partial charge on any atom is -0.455 e. The Balaban J connectivity index is 2.33. The Labute approximate surface area is 168 Å². The molecular formula is C19H34N2O3S2. The molecule has 1 heterocycles. The lowest BCUT2D eigenvalue weighted by Gasteiger charge is -2.31. The highest BCUT2D eigenvalue weighted by molar-refractivity contribution is 8.23. The smallest absolute Gasteiger partial charge is 0.316 e. The molecule has 0 aromatic rings. The predicted molar refractivity (Wildman–Crippen MR) is 112 cm³/mol. The summed E-state index contributed by atoms with van der Waals surface area (Å²) in [6.07, 6.45) is 2.28. The molecule has 150 valence electrons. The molecule has 0 atom stereocenters. The zero-order chi connectivity index (χ0) is 19.7. The monoisotopic (exact) mass is 402 g/mol. The molecule has 1 aliphatic rings. The number of hydrogen-bond donors (Lipinski definition) is 0. The fourth-order valence-electron chi connectivity index (χ4n) is 2.84. The highest BCUT2D eigenvalue weighted by Crippen LogP contribution is 2.20. The average Bonchev–Trinajstić information content (AvgIpc) is 2.56. The summed E-state index contributed by atoms with van der Waals surface area (Å²) in [5, 5.41) is 0. The van der Waals surface area contributed by atoms with E-state index in [0.717, 1.165) is 36.2 Å². The van der Waals surface area contributed by atoms with Crippen LogP contribution in [0.25, 0.3) is 0 Å². The van der Waals surface area contributed by atoms with Gasteiger partial charge in [-0.15, -0.1) is 0 Å². The van der Waals surface area contributed by atoms with Crippen molar-refractivity contribution in [1.29, 1.82) is 0 Å². The third kappa shape index (κ3) is 9.21. The number of thiocarbonyl (C=S) groups is 1. The number of carbonyl (C=O) groups is 2. The lowest BCUT2D eigenvalue weighted by molar-refractivity contribution is -0.150. The second-order valence-corrected chi connectivity index (χ2v) is 9.58. The van der Waals surface area contributed by atoms with E-state index in [1.165, 1.54) is 11.8 Å². The van der Waals surface area contributed by atoms with Crippen molar-refractivity contribution in [2.45, 2.75) is 47.5 Å². The minimum absolute atomic E-state index is 0.127. The van der Waals surface area contributed by atoms with E-state index in [1.54, 1.807) is 4.90 Å². The number of amides is 1. The molecule has 1 amide bonds. The zero-order valence-corrected chi connectivity index (χ0v) is 18.5. The van der Waals surface area contributed by atoms with E-state index < -0.39 is 0 Å². The maximum Gasteiger partial charge on any atom is 0.316 e. The summed E-state index contributed by atoms with van der Waals surface area (Å²) in [5.74, 6) is 1.16. The maximum absolute atomic E-state index is 12.3. The van der Waals surface area contributed by atoms with Gasteiger partial charge in [0.05, 0.1) is 5.75 Å². The van der Waals surface area contributed by atoms with Crippen LogP contribution in [0.5, 0.6) is 0 Å². The molecule has 0 bridgehead atoms. The summed E-state index contributed by atoms with van der Waals surface area (Å²) in [6.45, 7) is 13.6. The molecule has 0 spiro atoms. The van der Waals surface area contributed by atoms with Crippen molar-refractivity contribution < 1.29 is 14.3 Å². The normalized spacial score (nSPS) is 15.4. The number of thioether (sulfide) groups is 1. The molecule has 0 unspecified atom stereocenters. The van der Waals surface area contributed by atoms with Gasteiger partial charge < -0.3 is 14.5 Å². The number of rotatable bonds is 8. The summed E-state index contributed by atoms with van der Waals surface area (Å²) in [5.41, 5.74) is 0. The van der Waals surface area contributed by atoms with Crippen molar-refractivity contribution in [3.8, 4) is 0 Å². The summed E-state index contributed by atoms with van der Waals surface area (Å²) < 4.78 is 5.92. The van der Waals surface area contributed by atoms with E-state index in [2.05, 4.69) is 39.5 Å². The van der Waals surface area contributed by atoms with Gasteiger partial charge in [0.25, 0.3) is 5.91 Å². The van der Waals surface area contributed by atoms with Gasteiger partial charge in [0.15, 0.2) is 6.61 Å². The largest absolute Gasteiger partial charge is 0.455 e. The Morgan fingerprint density at radius 3 is 2.19 bits per heavy atom. The minimum atomic E-state index is -0.384. The first-order valence-corrected chi connectivity index (χ1v) is 10.9. The summed E-state index contributed by atoms with van der Waals surface area (Å²) in [4.78, 5) is 28.2. The van der Waals surface area contributed by atoms with E-state index in [9.17, 15) is 9.59 Å². The molecule has 0 aliphatic carbocycles. The number of ether oxygens (including phenoxy) is 1.